The molecule has 0 aromatic rings. The number of rotatable bonds is 5. The molecule has 68 valence electrons. The molecule has 0 spiro atoms. The Hall–Kier alpha value is 0.0569. The molecule has 0 aliphatic rings. The third-order valence-corrected chi connectivity index (χ3v) is 1.81. The quantitative estimate of drug-likeness (QED) is 0.406. The van der Waals surface area contributed by atoms with Crippen LogP contribution in [0.25, 0.3) is 0 Å². The summed E-state index contributed by atoms with van der Waals surface area (Å²) < 4.78 is 4.39. The molecule has 4 nitrogen and oxygen atoms in total. The highest BCUT2D eigenvalue weighted by molar-refractivity contribution is 6.48. The predicted molar refractivity (Wildman–Crippen MR) is 42.4 cm³/mol. The third-order valence-electron chi connectivity index (χ3n) is 1.22. The monoisotopic (exact) mass is 180 g/mol. The lowest BCUT2D eigenvalue weighted by molar-refractivity contribution is 0.0611. The molecule has 0 unspecified atom stereocenters. The molecule has 0 saturated carbocycles. The molecule has 0 heterocycles. The van der Waals surface area contributed by atoms with Crippen molar-refractivity contribution >= 4 is 9.05 Å². The summed E-state index contributed by atoms with van der Waals surface area (Å²) in [5, 5.41) is 0. The molecule has 0 saturated heterocycles. The van der Waals surface area contributed by atoms with Gasteiger partial charge in [-0.25, -0.2) is 0 Å². The maximum atomic E-state index is 8.41. The molecule has 0 aliphatic carbocycles. The van der Waals surface area contributed by atoms with Crippen LogP contribution in [0.1, 0.15) is 26.7 Å². The highest BCUT2D eigenvalue weighted by Crippen LogP contribution is 2.04. The molecule has 11 heavy (non-hydrogen) atoms. The highest BCUT2D eigenvalue weighted by Gasteiger charge is 2.29. The zero-order valence-electron chi connectivity index (χ0n) is 6.95. The minimum absolute atomic E-state index is 0.216. The lowest BCUT2D eigenvalue weighted by Crippen LogP contribution is -2.39. The Morgan fingerprint density at radius 3 is 2.18 bits per heavy atom. The van der Waals surface area contributed by atoms with Crippen LogP contribution in [0.2, 0.25) is 0 Å². The van der Waals surface area contributed by atoms with Gasteiger partial charge in [-0.15, -0.1) is 0 Å². The van der Waals surface area contributed by atoms with Crippen molar-refractivity contribution in [2.75, 3.05) is 6.61 Å². The standard InChI is InChI=1S/C6H16O4Si/c1-6(2)4-3-5-10-11(7,8)9/h6-9H,3-5H2,1-2H3. The van der Waals surface area contributed by atoms with Crippen LogP contribution in [-0.4, -0.2) is 30.0 Å². The van der Waals surface area contributed by atoms with E-state index in [0.717, 1.165) is 12.8 Å². The minimum Gasteiger partial charge on any atom is -0.368 e. The summed E-state index contributed by atoms with van der Waals surface area (Å²) in [6, 6.07) is 0. The van der Waals surface area contributed by atoms with E-state index in [4.69, 9.17) is 14.4 Å². The molecular formula is C6H16O4Si. The molecule has 0 aromatic heterocycles. The van der Waals surface area contributed by atoms with E-state index in [0.29, 0.717) is 5.92 Å². The first-order valence-electron chi connectivity index (χ1n) is 3.73. The van der Waals surface area contributed by atoms with Gasteiger partial charge in [-0.2, -0.15) is 0 Å². The number of hydrogen-bond donors (Lipinski definition) is 3. The normalized spacial score (nSPS) is 12.5. The SMILES string of the molecule is CC(C)CCCO[Si](O)(O)O. The molecule has 0 amide bonds. The summed E-state index contributed by atoms with van der Waals surface area (Å²) >= 11 is 0. The Kier molecular flexibility index (Phi) is 4.86. The molecule has 0 fully saturated rings. The molecular weight excluding hydrogens is 164 g/mol. The molecule has 5 heteroatoms. The average molecular weight is 180 g/mol. The number of hydrogen-bond acceptors (Lipinski definition) is 4. The fourth-order valence-corrected chi connectivity index (χ4v) is 1.12. The average Bonchev–Trinajstić information content (AvgIpc) is 1.78. The maximum absolute atomic E-state index is 8.41. The molecule has 0 aliphatic heterocycles. The van der Waals surface area contributed by atoms with Gasteiger partial charge < -0.3 is 18.8 Å². The summed E-state index contributed by atoms with van der Waals surface area (Å²) in [5.74, 6) is 0.575. The Bertz CT molecular complexity index is 99.2. The smallest absolute Gasteiger partial charge is 0.368 e. The van der Waals surface area contributed by atoms with E-state index in [1.807, 2.05) is 0 Å². The van der Waals surface area contributed by atoms with Crippen molar-refractivity contribution in [2.24, 2.45) is 5.92 Å². The topological polar surface area (TPSA) is 69.9 Å². The molecule has 0 rings (SSSR count). The fraction of sp³-hybridized carbons (Fsp3) is 1.00. The van der Waals surface area contributed by atoms with Gasteiger partial charge in [0.2, 0.25) is 0 Å². The second-order valence-electron chi connectivity index (χ2n) is 2.96. The molecule has 0 bridgehead atoms. The molecule has 3 N–H and O–H groups in total. The van der Waals surface area contributed by atoms with Crippen LogP contribution in [0.4, 0.5) is 0 Å². The van der Waals surface area contributed by atoms with E-state index in [1.54, 1.807) is 0 Å². The Labute approximate surface area is 67.9 Å². The second kappa shape index (κ2) is 4.84. The Balaban J connectivity index is 3.15. The predicted octanol–water partition coefficient (Wildman–Crippen LogP) is -0.148. The lowest BCUT2D eigenvalue weighted by Gasteiger charge is -2.10. The Morgan fingerprint density at radius 1 is 1.27 bits per heavy atom. The largest absolute Gasteiger partial charge is 0.671 e. The summed E-state index contributed by atoms with van der Waals surface area (Å²) in [5.41, 5.74) is 0. The molecule has 0 atom stereocenters. The summed E-state index contributed by atoms with van der Waals surface area (Å²) in [6.07, 6.45) is 1.71. The van der Waals surface area contributed by atoms with Crippen molar-refractivity contribution in [3.05, 3.63) is 0 Å². The van der Waals surface area contributed by atoms with Crippen LogP contribution in [0, 0.1) is 5.92 Å². The van der Waals surface area contributed by atoms with Crippen molar-refractivity contribution in [1.29, 1.82) is 0 Å². The zero-order valence-corrected chi connectivity index (χ0v) is 7.95. The van der Waals surface area contributed by atoms with Gasteiger partial charge in [0.05, 0.1) is 0 Å². The first-order valence-corrected chi connectivity index (χ1v) is 5.48. The zero-order chi connectivity index (χ0) is 8.91. The summed E-state index contributed by atoms with van der Waals surface area (Å²) in [7, 11) is -4.23. The van der Waals surface area contributed by atoms with Crippen molar-refractivity contribution < 1.29 is 18.8 Å². The third kappa shape index (κ3) is 10.1. The van der Waals surface area contributed by atoms with E-state index in [9.17, 15) is 0 Å². The van der Waals surface area contributed by atoms with Gasteiger partial charge in [-0.3, -0.25) is 0 Å². The van der Waals surface area contributed by atoms with Gasteiger partial charge in [-0.05, 0) is 18.8 Å². The molecule has 0 radical (unpaired) electrons. The van der Waals surface area contributed by atoms with Gasteiger partial charge in [0.15, 0.2) is 0 Å². The first kappa shape index (κ1) is 11.1. The van der Waals surface area contributed by atoms with E-state index < -0.39 is 9.05 Å². The van der Waals surface area contributed by atoms with Crippen LogP contribution in [-0.2, 0) is 4.43 Å². The van der Waals surface area contributed by atoms with Crippen LogP contribution in [0.15, 0.2) is 0 Å². The van der Waals surface area contributed by atoms with E-state index in [2.05, 4.69) is 18.3 Å². The lowest BCUT2D eigenvalue weighted by atomic mass is 10.1. The van der Waals surface area contributed by atoms with Crippen molar-refractivity contribution in [1.82, 2.24) is 0 Å². The van der Waals surface area contributed by atoms with E-state index >= 15 is 0 Å². The fourth-order valence-electron chi connectivity index (χ4n) is 0.701. The van der Waals surface area contributed by atoms with Crippen molar-refractivity contribution in [2.45, 2.75) is 26.7 Å². The van der Waals surface area contributed by atoms with E-state index in [1.165, 1.54) is 0 Å². The van der Waals surface area contributed by atoms with Gasteiger partial charge in [0.25, 0.3) is 0 Å². The van der Waals surface area contributed by atoms with Crippen LogP contribution >= 0.6 is 0 Å². The second-order valence-corrected chi connectivity index (χ2v) is 4.39. The van der Waals surface area contributed by atoms with E-state index in [-0.39, 0.29) is 6.61 Å². The molecule has 0 aromatic carbocycles. The van der Waals surface area contributed by atoms with Crippen LogP contribution in [0.3, 0.4) is 0 Å². The van der Waals surface area contributed by atoms with Gasteiger partial charge in [0.1, 0.15) is 0 Å². The highest BCUT2D eigenvalue weighted by atomic mass is 28.4. The minimum atomic E-state index is -4.23. The summed E-state index contributed by atoms with van der Waals surface area (Å²) in [4.78, 5) is 25.2. The van der Waals surface area contributed by atoms with Gasteiger partial charge in [0, 0.05) is 6.61 Å². The van der Waals surface area contributed by atoms with Gasteiger partial charge in [-0.1, -0.05) is 13.8 Å². The van der Waals surface area contributed by atoms with Crippen molar-refractivity contribution in [3.8, 4) is 0 Å². The summed E-state index contributed by atoms with van der Waals surface area (Å²) in [6.45, 7) is 4.36. The maximum Gasteiger partial charge on any atom is 0.671 e. The van der Waals surface area contributed by atoms with Crippen LogP contribution < -0.4 is 0 Å². The van der Waals surface area contributed by atoms with Crippen molar-refractivity contribution in [3.63, 3.8) is 0 Å². The van der Waals surface area contributed by atoms with Gasteiger partial charge >= 0.3 is 9.05 Å². The van der Waals surface area contributed by atoms with Crippen LogP contribution in [0.5, 0.6) is 0 Å². The first-order chi connectivity index (χ1) is 4.92. The Morgan fingerprint density at radius 2 is 1.82 bits per heavy atom.